The maximum Gasteiger partial charge on any atom is 0.168 e. The van der Waals surface area contributed by atoms with Crippen LogP contribution in [-0.4, -0.2) is 51.9 Å². The third kappa shape index (κ3) is 4.69. The van der Waals surface area contributed by atoms with E-state index >= 15 is 0 Å². The average Bonchev–Trinajstić information content (AvgIpc) is 3.36. The third-order valence-electron chi connectivity index (χ3n) is 5.83. The number of Topliss-reactive ketones (excluding diaryl/α,β-unsaturated/α-hetero) is 1. The van der Waals surface area contributed by atoms with Crippen molar-refractivity contribution in [3.63, 3.8) is 0 Å². The number of ketones is 1. The van der Waals surface area contributed by atoms with E-state index in [1.54, 1.807) is 23.0 Å². The highest BCUT2D eigenvalue weighted by Crippen LogP contribution is 2.26. The summed E-state index contributed by atoms with van der Waals surface area (Å²) in [5.74, 6) is 0.857. The summed E-state index contributed by atoms with van der Waals surface area (Å²) < 4.78 is 6.09. The van der Waals surface area contributed by atoms with Crippen LogP contribution in [0.4, 0.5) is 0 Å². The molecule has 1 fully saturated rings. The first kappa shape index (κ1) is 20.7. The molecule has 4 heterocycles. The largest absolute Gasteiger partial charge is 0.490 e. The van der Waals surface area contributed by atoms with Crippen LogP contribution in [0.15, 0.2) is 60.5 Å². The van der Waals surface area contributed by atoms with Crippen LogP contribution >= 0.6 is 11.3 Å². The number of hydrogen-bond acceptors (Lipinski definition) is 7. The lowest BCUT2D eigenvalue weighted by Gasteiger charge is -2.29. The van der Waals surface area contributed by atoms with Crippen molar-refractivity contribution >= 4 is 28.0 Å². The van der Waals surface area contributed by atoms with Crippen LogP contribution in [-0.2, 0) is 6.42 Å². The van der Waals surface area contributed by atoms with Gasteiger partial charge in [-0.2, -0.15) is 0 Å². The molecule has 0 amide bonds. The van der Waals surface area contributed by atoms with Crippen LogP contribution in [0.2, 0.25) is 0 Å². The zero-order valence-electron chi connectivity index (χ0n) is 17.9. The smallest absolute Gasteiger partial charge is 0.168 e. The quantitative estimate of drug-likeness (QED) is 0.403. The van der Waals surface area contributed by atoms with E-state index in [1.807, 2.05) is 42.7 Å². The number of piperidine rings is 1. The summed E-state index contributed by atoms with van der Waals surface area (Å²) in [5.41, 5.74) is 5.03. The fraction of sp³-hybridized carbons (Fsp3) is 0.280. The second-order valence-electron chi connectivity index (χ2n) is 8.20. The summed E-state index contributed by atoms with van der Waals surface area (Å²) in [6, 6.07) is 11.5. The molecule has 1 aromatic carbocycles. The molecule has 0 unspecified atom stereocenters. The molecule has 0 bridgehead atoms. The van der Waals surface area contributed by atoms with Gasteiger partial charge in [-0.25, -0.2) is 0 Å². The van der Waals surface area contributed by atoms with Gasteiger partial charge in [0, 0.05) is 47.7 Å². The van der Waals surface area contributed by atoms with Gasteiger partial charge in [0.05, 0.1) is 28.5 Å². The van der Waals surface area contributed by atoms with Crippen molar-refractivity contribution in [3.8, 4) is 16.2 Å². The van der Waals surface area contributed by atoms with Gasteiger partial charge in [-0.05, 0) is 56.3 Å². The number of ether oxygens (including phenoxy) is 1. The molecule has 1 saturated heterocycles. The van der Waals surface area contributed by atoms with Crippen molar-refractivity contribution in [3.05, 3.63) is 71.8 Å². The van der Waals surface area contributed by atoms with Crippen molar-refractivity contribution in [2.45, 2.75) is 25.4 Å². The Morgan fingerprint density at radius 2 is 1.91 bits per heavy atom. The molecule has 1 aliphatic rings. The Hall–Kier alpha value is -3.16. The second-order valence-corrected chi connectivity index (χ2v) is 9.09. The lowest BCUT2D eigenvalue weighted by molar-refractivity contribution is 0.0991. The van der Waals surface area contributed by atoms with Crippen LogP contribution in [0, 0.1) is 0 Å². The van der Waals surface area contributed by atoms with Gasteiger partial charge in [-0.3, -0.25) is 19.7 Å². The van der Waals surface area contributed by atoms with E-state index in [-0.39, 0.29) is 18.3 Å². The number of pyridine rings is 2. The normalized spacial score (nSPS) is 15.2. The molecular weight excluding hydrogens is 420 g/mol. The fourth-order valence-electron chi connectivity index (χ4n) is 3.95. The molecule has 0 N–H and O–H groups in total. The minimum Gasteiger partial charge on any atom is -0.490 e. The summed E-state index contributed by atoms with van der Waals surface area (Å²) in [7, 11) is 2.14. The second kappa shape index (κ2) is 9.14. The van der Waals surface area contributed by atoms with Crippen LogP contribution in [0.1, 0.15) is 28.9 Å². The molecule has 0 atom stereocenters. The number of aromatic nitrogens is 3. The molecule has 5 rings (SSSR count). The molecule has 4 aromatic rings. The Balaban J connectivity index is 1.26. The van der Waals surface area contributed by atoms with E-state index < -0.39 is 0 Å². The predicted molar refractivity (Wildman–Crippen MR) is 126 cm³/mol. The zero-order valence-corrected chi connectivity index (χ0v) is 18.7. The lowest BCUT2D eigenvalue weighted by atomic mass is 10.0. The van der Waals surface area contributed by atoms with Crippen LogP contribution in [0.25, 0.3) is 21.3 Å². The average molecular weight is 445 g/mol. The van der Waals surface area contributed by atoms with Gasteiger partial charge in [-0.1, -0.05) is 0 Å². The monoisotopic (exact) mass is 444 g/mol. The summed E-state index contributed by atoms with van der Waals surface area (Å²) in [6.45, 7) is 2.11. The number of carbonyl (C=O) groups is 1. The van der Waals surface area contributed by atoms with E-state index in [0.717, 1.165) is 58.7 Å². The van der Waals surface area contributed by atoms with Gasteiger partial charge in [0.2, 0.25) is 0 Å². The minimum absolute atomic E-state index is 0.0364. The molecule has 6 nitrogen and oxygen atoms in total. The Morgan fingerprint density at radius 3 is 2.66 bits per heavy atom. The zero-order chi connectivity index (χ0) is 21.9. The highest BCUT2D eigenvalue weighted by molar-refractivity contribution is 7.13. The molecule has 162 valence electrons. The van der Waals surface area contributed by atoms with Crippen molar-refractivity contribution in [2.75, 3.05) is 20.1 Å². The molecule has 0 aliphatic carbocycles. The summed E-state index contributed by atoms with van der Waals surface area (Å²) in [6.07, 6.45) is 7.95. The van der Waals surface area contributed by atoms with Gasteiger partial charge in [0.1, 0.15) is 11.9 Å². The van der Waals surface area contributed by atoms with Crippen LogP contribution < -0.4 is 4.74 Å². The van der Waals surface area contributed by atoms with E-state index in [0.29, 0.717) is 5.56 Å². The SMILES string of the molecule is CN1CCC(Oc2ccc(C(=O)Cc3cc4cc(-c5cncs5)cnc4cn3)cc2)CC1. The van der Waals surface area contributed by atoms with Crippen molar-refractivity contribution in [2.24, 2.45) is 0 Å². The first-order valence-corrected chi connectivity index (χ1v) is 11.6. The van der Waals surface area contributed by atoms with Crippen LogP contribution in [0.3, 0.4) is 0 Å². The first-order valence-electron chi connectivity index (χ1n) is 10.8. The van der Waals surface area contributed by atoms with E-state index in [9.17, 15) is 4.79 Å². The Bertz CT molecular complexity index is 1220. The maximum atomic E-state index is 12.8. The topological polar surface area (TPSA) is 68.2 Å². The Morgan fingerprint density at radius 1 is 1.09 bits per heavy atom. The van der Waals surface area contributed by atoms with Gasteiger partial charge in [0.15, 0.2) is 5.78 Å². The number of hydrogen-bond donors (Lipinski definition) is 0. The predicted octanol–water partition coefficient (Wildman–Crippen LogP) is 4.65. The standard InChI is InChI=1S/C25H24N4O2S/c1-29-8-6-22(7-9-29)31-21-4-2-17(3-5-21)24(30)12-20-11-18-10-19(25-15-26-16-32-25)13-28-23(18)14-27-20/h2-5,10-11,13-16,22H,6-9,12H2,1H3. The molecular formula is C25H24N4O2S. The molecule has 32 heavy (non-hydrogen) atoms. The van der Waals surface area contributed by atoms with E-state index in [2.05, 4.69) is 33.0 Å². The number of likely N-dealkylation sites (tertiary alicyclic amines) is 1. The van der Waals surface area contributed by atoms with Gasteiger partial charge in [-0.15, -0.1) is 11.3 Å². The maximum absolute atomic E-state index is 12.8. The molecule has 3 aromatic heterocycles. The lowest BCUT2D eigenvalue weighted by Crippen LogP contribution is -2.35. The molecule has 7 heteroatoms. The third-order valence-corrected chi connectivity index (χ3v) is 6.65. The molecule has 0 radical (unpaired) electrons. The van der Waals surface area contributed by atoms with E-state index in [1.165, 1.54) is 0 Å². The Labute approximate surface area is 190 Å². The van der Waals surface area contributed by atoms with Crippen molar-refractivity contribution in [1.29, 1.82) is 0 Å². The van der Waals surface area contributed by atoms with Crippen molar-refractivity contribution in [1.82, 2.24) is 19.9 Å². The number of benzene rings is 1. The molecule has 1 aliphatic heterocycles. The fourth-order valence-corrected chi connectivity index (χ4v) is 4.55. The first-order chi connectivity index (χ1) is 15.6. The molecule has 0 saturated carbocycles. The number of carbonyl (C=O) groups excluding carboxylic acids is 1. The number of nitrogens with zero attached hydrogens (tertiary/aromatic N) is 4. The Kier molecular flexibility index (Phi) is 5.92. The summed E-state index contributed by atoms with van der Waals surface area (Å²) >= 11 is 1.58. The van der Waals surface area contributed by atoms with Crippen molar-refractivity contribution < 1.29 is 9.53 Å². The summed E-state index contributed by atoms with van der Waals surface area (Å²) in [5, 5.41) is 0.968. The highest BCUT2D eigenvalue weighted by Gasteiger charge is 2.18. The minimum atomic E-state index is 0.0364. The number of fused-ring (bicyclic) bond motifs is 1. The van der Waals surface area contributed by atoms with Gasteiger partial charge < -0.3 is 9.64 Å². The molecule has 0 spiro atoms. The highest BCUT2D eigenvalue weighted by atomic mass is 32.1. The number of thiazole rings is 1. The van der Waals surface area contributed by atoms with Gasteiger partial charge >= 0.3 is 0 Å². The van der Waals surface area contributed by atoms with Crippen LogP contribution in [0.5, 0.6) is 5.75 Å². The summed E-state index contributed by atoms with van der Waals surface area (Å²) in [4.78, 5) is 29.3. The number of rotatable bonds is 6. The van der Waals surface area contributed by atoms with E-state index in [4.69, 9.17) is 4.74 Å². The van der Waals surface area contributed by atoms with Gasteiger partial charge in [0.25, 0.3) is 0 Å².